The van der Waals surface area contributed by atoms with Crippen molar-refractivity contribution in [2.24, 2.45) is 0 Å². The van der Waals surface area contributed by atoms with E-state index in [0.717, 1.165) is 24.2 Å². The Labute approximate surface area is 102 Å². The number of aryl methyl sites for hydroxylation is 1. The Morgan fingerprint density at radius 2 is 2.12 bits per heavy atom. The van der Waals surface area contributed by atoms with Crippen molar-refractivity contribution in [2.45, 2.75) is 51.4 Å². The van der Waals surface area contributed by atoms with E-state index in [0.29, 0.717) is 11.5 Å². The fourth-order valence-corrected chi connectivity index (χ4v) is 2.59. The largest absolute Gasteiger partial charge is 0.478 e. The lowest BCUT2D eigenvalue weighted by atomic mass is 10.0. The van der Waals surface area contributed by atoms with Crippen molar-refractivity contribution in [1.29, 1.82) is 0 Å². The molecule has 0 aliphatic heterocycles. The number of pyridine rings is 1. The number of rotatable bonds is 4. The summed E-state index contributed by atoms with van der Waals surface area (Å²) in [4.78, 5) is 15.7. The summed E-state index contributed by atoms with van der Waals surface area (Å²) in [5, 5.41) is 9.11. The third-order valence-corrected chi connectivity index (χ3v) is 3.49. The van der Waals surface area contributed by atoms with Crippen LogP contribution in [-0.2, 0) is 6.42 Å². The Hall–Kier alpha value is -1.38. The molecular weight excluding hydrogens is 214 g/mol. The molecule has 0 aromatic carbocycles. The monoisotopic (exact) mass is 233 g/mol. The fraction of sp³-hybridized carbons (Fsp3) is 0.571. The number of aromatic nitrogens is 1. The van der Waals surface area contributed by atoms with E-state index in [-0.39, 0.29) is 0 Å². The lowest BCUT2D eigenvalue weighted by Gasteiger charge is -2.12. The normalized spacial score (nSPS) is 16.3. The molecule has 0 bridgehead atoms. The van der Waals surface area contributed by atoms with E-state index >= 15 is 0 Å². The van der Waals surface area contributed by atoms with E-state index < -0.39 is 5.97 Å². The third kappa shape index (κ3) is 2.65. The molecule has 0 unspecified atom stereocenters. The van der Waals surface area contributed by atoms with Gasteiger partial charge in [0, 0.05) is 11.6 Å². The van der Waals surface area contributed by atoms with Gasteiger partial charge < -0.3 is 5.11 Å². The quantitative estimate of drug-likeness (QED) is 0.867. The summed E-state index contributed by atoms with van der Waals surface area (Å²) in [5.41, 5.74) is 2.22. The van der Waals surface area contributed by atoms with E-state index in [1.54, 1.807) is 6.07 Å². The van der Waals surface area contributed by atoms with Crippen LogP contribution in [0, 0.1) is 0 Å². The molecule has 0 spiro atoms. The lowest BCUT2D eigenvalue weighted by molar-refractivity contribution is 0.0695. The van der Waals surface area contributed by atoms with Gasteiger partial charge in [-0.1, -0.05) is 26.2 Å². The Balaban J connectivity index is 2.30. The minimum absolute atomic E-state index is 0.369. The van der Waals surface area contributed by atoms with E-state index in [9.17, 15) is 4.79 Å². The number of carboxylic acid groups (broad SMARTS) is 1. The van der Waals surface area contributed by atoms with Crippen LogP contribution in [0.3, 0.4) is 0 Å². The number of hydrogen-bond donors (Lipinski definition) is 1. The van der Waals surface area contributed by atoms with Gasteiger partial charge in [-0.25, -0.2) is 4.79 Å². The fourth-order valence-electron chi connectivity index (χ4n) is 2.59. The van der Waals surface area contributed by atoms with E-state index in [1.807, 2.05) is 6.07 Å². The van der Waals surface area contributed by atoms with Gasteiger partial charge in [0.25, 0.3) is 0 Å². The summed E-state index contributed by atoms with van der Waals surface area (Å²) in [6.07, 6.45) is 6.63. The zero-order chi connectivity index (χ0) is 12.3. The highest BCUT2D eigenvalue weighted by Crippen LogP contribution is 2.33. The molecule has 3 nitrogen and oxygen atoms in total. The lowest BCUT2D eigenvalue weighted by Crippen LogP contribution is -2.08. The van der Waals surface area contributed by atoms with Gasteiger partial charge >= 0.3 is 5.97 Å². The predicted octanol–water partition coefficient (Wildman–Crippen LogP) is 3.39. The Kier molecular flexibility index (Phi) is 3.77. The molecule has 1 heterocycles. The molecule has 1 fully saturated rings. The van der Waals surface area contributed by atoms with Gasteiger partial charge in [0.2, 0.25) is 0 Å². The zero-order valence-electron chi connectivity index (χ0n) is 10.3. The minimum atomic E-state index is -0.862. The molecule has 3 heteroatoms. The average Bonchev–Trinajstić information content (AvgIpc) is 2.82. The highest BCUT2D eigenvalue weighted by molar-refractivity contribution is 5.88. The van der Waals surface area contributed by atoms with Gasteiger partial charge in [-0.05, 0) is 31.4 Å². The number of aromatic carboxylic acids is 1. The molecule has 0 amide bonds. The molecule has 2 rings (SSSR count). The van der Waals surface area contributed by atoms with Crippen LogP contribution in [0.25, 0.3) is 0 Å². The summed E-state index contributed by atoms with van der Waals surface area (Å²) >= 11 is 0. The molecule has 1 aliphatic rings. The zero-order valence-corrected chi connectivity index (χ0v) is 10.3. The van der Waals surface area contributed by atoms with Crippen LogP contribution in [0.4, 0.5) is 0 Å². The molecular formula is C14H19NO2. The van der Waals surface area contributed by atoms with Crippen molar-refractivity contribution in [3.05, 3.63) is 29.1 Å². The van der Waals surface area contributed by atoms with Gasteiger partial charge in [0.05, 0.1) is 11.3 Å². The van der Waals surface area contributed by atoms with Crippen LogP contribution in [0.1, 0.15) is 66.7 Å². The minimum Gasteiger partial charge on any atom is -0.478 e. The van der Waals surface area contributed by atoms with Gasteiger partial charge in [-0.2, -0.15) is 0 Å². The molecule has 1 saturated carbocycles. The van der Waals surface area contributed by atoms with Crippen LogP contribution in [-0.4, -0.2) is 16.1 Å². The summed E-state index contributed by atoms with van der Waals surface area (Å²) in [6, 6.07) is 3.63. The first-order valence-electron chi connectivity index (χ1n) is 6.45. The summed E-state index contributed by atoms with van der Waals surface area (Å²) in [7, 11) is 0. The Bertz CT molecular complexity index is 409. The molecule has 1 aromatic rings. The molecule has 0 atom stereocenters. The maximum atomic E-state index is 11.1. The van der Waals surface area contributed by atoms with Crippen molar-refractivity contribution < 1.29 is 9.90 Å². The van der Waals surface area contributed by atoms with E-state index in [2.05, 4.69) is 11.9 Å². The first-order valence-corrected chi connectivity index (χ1v) is 6.45. The molecule has 17 heavy (non-hydrogen) atoms. The Morgan fingerprint density at radius 1 is 1.41 bits per heavy atom. The van der Waals surface area contributed by atoms with Crippen molar-refractivity contribution in [3.8, 4) is 0 Å². The summed E-state index contributed by atoms with van der Waals surface area (Å²) in [5.74, 6) is -0.313. The van der Waals surface area contributed by atoms with Crippen LogP contribution >= 0.6 is 0 Å². The molecule has 1 N–H and O–H groups in total. The standard InChI is InChI=1S/C14H19NO2/c1-2-5-13-11(14(16)17)8-9-12(15-13)10-6-3-4-7-10/h8-10H,2-7H2,1H3,(H,16,17). The molecule has 92 valence electrons. The van der Waals surface area contributed by atoms with Crippen LogP contribution in [0.5, 0.6) is 0 Å². The highest BCUT2D eigenvalue weighted by Gasteiger charge is 2.20. The number of nitrogens with zero attached hydrogens (tertiary/aromatic N) is 1. The molecule has 1 aliphatic carbocycles. The predicted molar refractivity (Wildman–Crippen MR) is 66.4 cm³/mol. The van der Waals surface area contributed by atoms with Gasteiger partial charge in [0.1, 0.15) is 0 Å². The SMILES string of the molecule is CCCc1nc(C2CCCC2)ccc1C(=O)O. The van der Waals surface area contributed by atoms with Gasteiger partial charge in [-0.3, -0.25) is 4.98 Å². The van der Waals surface area contributed by atoms with Crippen molar-refractivity contribution in [1.82, 2.24) is 4.98 Å². The van der Waals surface area contributed by atoms with Crippen molar-refractivity contribution >= 4 is 5.97 Å². The van der Waals surface area contributed by atoms with Crippen LogP contribution < -0.4 is 0 Å². The second kappa shape index (κ2) is 5.30. The average molecular weight is 233 g/mol. The number of hydrogen-bond acceptors (Lipinski definition) is 2. The van der Waals surface area contributed by atoms with Crippen molar-refractivity contribution in [2.75, 3.05) is 0 Å². The molecule has 0 radical (unpaired) electrons. The first-order chi connectivity index (χ1) is 8.22. The number of carboxylic acids is 1. The molecule has 1 aromatic heterocycles. The Morgan fingerprint density at radius 3 is 2.71 bits per heavy atom. The third-order valence-electron chi connectivity index (χ3n) is 3.49. The maximum absolute atomic E-state index is 11.1. The maximum Gasteiger partial charge on any atom is 0.337 e. The van der Waals surface area contributed by atoms with Crippen LogP contribution in [0.15, 0.2) is 12.1 Å². The van der Waals surface area contributed by atoms with Gasteiger partial charge in [-0.15, -0.1) is 0 Å². The summed E-state index contributed by atoms with van der Waals surface area (Å²) < 4.78 is 0. The smallest absolute Gasteiger partial charge is 0.337 e. The second-order valence-corrected chi connectivity index (χ2v) is 4.77. The van der Waals surface area contributed by atoms with E-state index in [1.165, 1.54) is 25.7 Å². The highest BCUT2D eigenvalue weighted by atomic mass is 16.4. The first kappa shape index (κ1) is 12.1. The van der Waals surface area contributed by atoms with E-state index in [4.69, 9.17) is 5.11 Å². The number of carbonyl (C=O) groups is 1. The van der Waals surface area contributed by atoms with Crippen molar-refractivity contribution in [3.63, 3.8) is 0 Å². The van der Waals surface area contributed by atoms with Gasteiger partial charge in [0.15, 0.2) is 0 Å². The molecule has 0 saturated heterocycles. The summed E-state index contributed by atoms with van der Waals surface area (Å²) in [6.45, 7) is 2.05. The topological polar surface area (TPSA) is 50.2 Å². The van der Waals surface area contributed by atoms with Crippen LogP contribution in [0.2, 0.25) is 0 Å². The second-order valence-electron chi connectivity index (χ2n) is 4.77.